The molecule has 0 aliphatic heterocycles. The molecular formula is C16H28IN3O. The highest BCUT2D eigenvalue weighted by molar-refractivity contribution is 14.0. The first-order valence-electron chi connectivity index (χ1n) is 7.38. The normalized spacial score (nSPS) is 14.1. The summed E-state index contributed by atoms with van der Waals surface area (Å²) >= 11 is 0. The van der Waals surface area contributed by atoms with Crippen LogP contribution in [0, 0.1) is 0 Å². The second-order valence-corrected chi connectivity index (χ2v) is 5.33. The van der Waals surface area contributed by atoms with Crippen molar-refractivity contribution in [3.63, 3.8) is 0 Å². The maximum atomic E-state index is 10.4. The average molecular weight is 405 g/mol. The predicted octanol–water partition coefficient (Wildman–Crippen LogP) is 3.00. The Morgan fingerprint density at radius 3 is 2.52 bits per heavy atom. The Morgan fingerprint density at radius 1 is 1.24 bits per heavy atom. The van der Waals surface area contributed by atoms with Crippen LogP contribution in [-0.2, 0) is 5.60 Å². The van der Waals surface area contributed by atoms with Crippen molar-refractivity contribution in [1.29, 1.82) is 0 Å². The fourth-order valence-corrected chi connectivity index (χ4v) is 1.95. The summed E-state index contributed by atoms with van der Waals surface area (Å²) in [5, 5.41) is 13.5. The van der Waals surface area contributed by atoms with Crippen LogP contribution >= 0.6 is 24.0 Å². The number of rotatable bonds is 8. The topological polar surface area (TPSA) is 70.6 Å². The van der Waals surface area contributed by atoms with Gasteiger partial charge in [-0.2, -0.15) is 0 Å². The smallest absolute Gasteiger partial charge is 0.188 e. The number of hydrogen-bond donors (Lipinski definition) is 3. The molecule has 1 unspecified atom stereocenters. The number of nitrogens with one attached hydrogen (secondary N) is 1. The molecule has 1 rings (SSSR count). The number of aliphatic hydroxyl groups is 1. The standard InChI is InChI=1S/C16H27N3O.HI/c1-3-4-5-9-12-18-15(17)19-13-16(2,20)14-10-7-6-8-11-14;/h6-8,10-11,20H,3-5,9,12-13H2,1-2H3,(H3,17,18,19);1H. The van der Waals surface area contributed by atoms with Crippen LogP contribution in [0.5, 0.6) is 0 Å². The van der Waals surface area contributed by atoms with Crippen molar-refractivity contribution in [1.82, 2.24) is 5.32 Å². The Labute approximate surface area is 145 Å². The van der Waals surface area contributed by atoms with E-state index in [4.69, 9.17) is 5.73 Å². The number of unbranched alkanes of at least 4 members (excludes halogenated alkanes) is 3. The van der Waals surface area contributed by atoms with E-state index in [0.29, 0.717) is 5.96 Å². The van der Waals surface area contributed by atoms with Crippen LogP contribution in [0.25, 0.3) is 0 Å². The first-order chi connectivity index (χ1) is 9.56. The number of aliphatic imine (C=N–C) groups is 1. The summed E-state index contributed by atoms with van der Waals surface area (Å²) in [6.45, 7) is 5.03. The Balaban J connectivity index is 0.00000400. The quantitative estimate of drug-likeness (QED) is 0.270. The highest BCUT2D eigenvalue weighted by Gasteiger charge is 2.22. The van der Waals surface area contributed by atoms with E-state index in [1.54, 1.807) is 6.92 Å². The van der Waals surface area contributed by atoms with Crippen molar-refractivity contribution < 1.29 is 5.11 Å². The summed E-state index contributed by atoms with van der Waals surface area (Å²) in [5.74, 6) is 0.401. The van der Waals surface area contributed by atoms with Gasteiger partial charge in [0, 0.05) is 6.54 Å². The summed E-state index contributed by atoms with van der Waals surface area (Å²) in [5.41, 5.74) is 5.66. The van der Waals surface area contributed by atoms with E-state index in [1.165, 1.54) is 19.3 Å². The second kappa shape index (κ2) is 10.8. The third kappa shape index (κ3) is 8.26. The monoisotopic (exact) mass is 405 g/mol. The zero-order chi connectivity index (χ0) is 14.8. The first kappa shape index (κ1) is 20.2. The van der Waals surface area contributed by atoms with Gasteiger partial charge in [-0.3, -0.25) is 4.99 Å². The number of halogens is 1. The van der Waals surface area contributed by atoms with Gasteiger partial charge in [-0.15, -0.1) is 24.0 Å². The number of hydrogen-bond acceptors (Lipinski definition) is 2. The van der Waals surface area contributed by atoms with Gasteiger partial charge in [0.1, 0.15) is 5.60 Å². The van der Waals surface area contributed by atoms with Crippen molar-refractivity contribution >= 4 is 29.9 Å². The molecule has 0 spiro atoms. The van der Waals surface area contributed by atoms with Crippen LogP contribution in [0.3, 0.4) is 0 Å². The number of nitrogens with two attached hydrogens (primary N) is 1. The number of nitrogens with zero attached hydrogens (tertiary/aromatic N) is 1. The van der Waals surface area contributed by atoms with E-state index >= 15 is 0 Å². The van der Waals surface area contributed by atoms with Gasteiger partial charge in [0.2, 0.25) is 0 Å². The Hall–Kier alpha value is -0.820. The van der Waals surface area contributed by atoms with Gasteiger partial charge in [0.15, 0.2) is 5.96 Å². The third-order valence-electron chi connectivity index (χ3n) is 3.29. The van der Waals surface area contributed by atoms with Crippen molar-refractivity contribution in [2.45, 2.75) is 45.1 Å². The molecule has 0 aromatic heterocycles. The molecule has 1 atom stereocenters. The maximum Gasteiger partial charge on any atom is 0.188 e. The van der Waals surface area contributed by atoms with E-state index in [1.807, 2.05) is 30.3 Å². The van der Waals surface area contributed by atoms with Gasteiger partial charge in [-0.1, -0.05) is 56.5 Å². The van der Waals surface area contributed by atoms with Crippen molar-refractivity contribution in [2.75, 3.05) is 13.1 Å². The molecule has 0 bridgehead atoms. The highest BCUT2D eigenvalue weighted by Crippen LogP contribution is 2.20. The lowest BCUT2D eigenvalue weighted by molar-refractivity contribution is 0.0673. The third-order valence-corrected chi connectivity index (χ3v) is 3.29. The Bertz CT molecular complexity index is 407. The molecule has 0 heterocycles. The summed E-state index contributed by atoms with van der Waals surface area (Å²) in [7, 11) is 0. The largest absolute Gasteiger partial charge is 0.384 e. The fourth-order valence-electron chi connectivity index (χ4n) is 1.95. The molecule has 0 fully saturated rings. The molecule has 4 N–H and O–H groups in total. The first-order valence-corrected chi connectivity index (χ1v) is 7.38. The minimum absolute atomic E-state index is 0. The molecule has 21 heavy (non-hydrogen) atoms. The Morgan fingerprint density at radius 2 is 1.90 bits per heavy atom. The fraction of sp³-hybridized carbons (Fsp3) is 0.562. The molecule has 120 valence electrons. The molecule has 0 aliphatic rings. The molecule has 5 heteroatoms. The van der Waals surface area contributed by atoms with Gasteiger partial charge in [0.05, 0.1) is 6.54 Å². The van der Waals surface area contributed by atoms with Crippen LogP contribution in [-0.4, -0.2) is 24.2 Å². The lowest BCUT2D eigenvalue weighted by atomic mass is 9.96. The van der Waals surface area contributed by atoms with Crippen molar-refractivity contribution in [3.05, 3.63) is 35.9 Å². The average Bonchev–Trinajstić information content (AvgIpc) is 2.46. The van der Waals surface area contributed by atoms with Crippen molar-refractivity contribution in [3.8, 4) is 0 Å². The zero-order valence-electron chi connectivity index (χ0n) is 13.0. The molecule has 0 radical (unpaired) electrons. The molecule has 0 amide bonds. The van der Waals surface area contributed by atoms with Crippen molar-refractivity contribution in [2.24, 2.45) is 10.7 Å². The van der Waals surface area contributed by atoms with Gasteiger partial charge < -0.3 is 16.2 Å². The lowest BCUT2D eigenvalue weighted by Crippen LogP contribution is -2.35. The minimum atomic E-state index is -0.990. The summed E-state index contributed by atoms with van der Waals surface area (Å²) in [4.78, 5) is 4.22. The van der Waals surface area contributed by atoms with Gasteiger partial charge in [-0.25, -0.2) is 0 Å². The maximum absolute atomic E-state index is 10.4. The molecule has 1 aromatic carbocycles. The van der Waals surface area contributed by atoms with E-state index in [9.17, 15) is 5.11 Å². The molecule has 1 aromatic rings. The van der Waals surface area contributed by atoms with E-state index in [0.717, 1.165) is 18.5 Å². The van der Waals surface area contributed by atoms with E-state index < -0.39 is 5.60 Å². The summed E-state index contributed by atoms with van der Waals surface area (Å²) < 4.78 is 0. The second-order valence-electron chi connectivity index (χ2n) is 5.33. The summed E-state index contributed by atoms with van der Waals surface area (Å²) in [6.07, 6.45) is 4.78. The minimum Gasteiger partial charge on any atom is -0.384 e. The van der Waals surface area contributed by atoms with Crippen LogP contribution in [0.1, 0.15) is 45.1 Å². The van der Waals surface area contributed by atoms with Gasteiger partial charge in [-0.05, 0) is 18.9 Å². The van der Waals surface area contributed by atoms with Crippen LogP contribution in [0.4, 0.5) is 0 Å². The zero-order valence-corrected chi connectivity index (χ0v) is 15.3. The predicted molar refractivity (Wildman–Crippen MR) is 100 cm³/mol. The molecule has 0 saturated carbocycles. The SMILES string of the molecule is CCCCCCNC(N)=NCC(C)(O)c1ccccc1.I. The molecule has 4 nitrogen and oxygen atoms in total. The Kier molecular flexibility index (Phi) is 10.4. The van der Waals surface area contributed by atoms with Gasteiger partial charge in [0.25, 0.3) is 0 Å². The van der Waals surface area contributed by atoms with Gasteiger partial charge >= 0.3 is 0 Å². The number of guanidine groups is 1. The van der Waals surface area contributed by atoms with Crippen LogP contribution in [0.15, 0.2) is 35.3 Å². The summed E-state index contributed by atoms with van der Waals surface area (Å²) in [6, 6.07) is 9.52. The number of benzene rings is 1. The van der Waals surface area contributed by atoms with E-state index in [-0.39, 0.29) is 30.5 Å². The van der Waals surface area contributed by atoms with Crippen LogP contribution < -0.4 is 11.1 Å². The lowest BCUT2D eigenvalue weighted by Gasteiger charge is -2.21. The molecular weight excluding hydrogens is 377 g/mol. The van der Waals surface area contributed by atoms with E-state index in [2.05, 4.69) is 17.2 Å². The highest BCUT2D eigenvalue weighted by atomic mass is 127. The van der Waals surface area contributed by atoms with Crippen LogP contribution in [0.2, 0.25) is 0 Å². The molecule has 0 saturated heterocycles. The molecule has 0 aliphatic carbocycles.